The topological polar surface area (TPSA) is 0 Å². The lowest BCUT2D eigenvalue weighted by molar-refractivity contribution is 0.547. The molecule has 2 aliphatic carbocycles. The van der Waals surface area contributed by atoms with E-state index in [1.807, 2.05) is 0 Å². The molecule has 0 aromatic heterocycles. The summed E-state index contributed by atoms with van der Waals surface area (Å²) in [6.07, 6.45) is 7.89. The molecule has 39 heavy (non-hydrogen) atoms. The fraction of sp³-hybridized carbons (Fsp3) is 0.0769. The van der Waals surface area contributed by atoms with Crippen LogP contribution in [0.1, 0.15) is 24.5 Å². The fourth-order valence-electron chi connectivity index (χ4n) is 6.42. The zero-order valence-electron chi connectivity index (χ0n) is 22.1. The van der Waals surface area contributed by atoms with Crippen molar-refractivity contribution in [2.45, 2.75) is 13.3 Å². The van der Waals surface area contributed by atoms with Gasteiger partial charge in [0.15, 0.2) is 0 Å². The Morgan fingerprint density at radius 1 is 0.462 bits per heavy atom. The Bertz CT molecular complexity index is 1840. The number of hydrogen-bond donors (Lipinski definition) is 0. The maximum Gasteiger partial charge on any atom is 0.0227 e. The van der Waals surface area contributed by atoms with Crippen molar-refractivity contribution in [3.63, 3.8) is 0 Å². The van der Waals surface area contributed by atoms with E-state index in [2.05, 4.69) is 159 Å². The Kier molecular flexibility index (Phi) is 5.75. The molecule has 0 radical (unpaired) electrons. The van der Waals surface area contributed by atoms with Gasteiger partial charge < -0.3 is 0 Å². The summed E-state index contributed by atoms with van der Waals surface area (Å²) >= 11 is 0. The molecule has 0 fully saturated rings. The van der Waals surface area contributed by atoms with Crippen LogP contribution < -0.4 is 10.4 Å². The van der Waals surface area contributed by atoms with Gasteiger partial charge >= 0.3 is 0 Å². The lowest BCUT2D eigenvalue weighted by Gasteiger charge is -2.40. The molecule has 0 heterocycles. The fourth-order valence-corrected chi connectivity index (χ4v) is 6.42. The maximum atomic E-state index is 2.43. The van der Waals surface area contributed by atoms with E-state index in [0.717, 1.165) is 6.42 Å². The predicted molar refractivity (Wildman–Crippen MR) is 164 cm³/mol. The van der Waals surface area contributed by atoms with Gasteiger partial charge in [0.25, 0.3) is 0 Å². The van der Waals surface area contributed by atoms with E-state index in [0.29, 0.717) is 0 Å². The quantitative estimate of drug-likeness (QED) is 0.234. The smallest absolute Gasteiger partial charge is 0.0227 e. The largest absolute Gasteiger partial charge is 0.0833 e. The molecule has 0 N–H and O–H groups in total. The van der Waals surface area contributed by atoms with Crippen LogP contribution in [0.4, 0.5) is 0 Å². The second kappa shape index (κ2) is 9.57. The van der Waals surface area contributed by atoms with Gasteiger partial charge in [0, 0.05) is 5.41 Å². The SMILES string of the molecule is CC12CC=CC=C1C(c1ccc(-c3ccccc3)cc1)=c1ccccc1=C2c1ccc(-c2ccccc2)cc1. The van der Waals surface area contributed by atoms with E-state index in [1.54, 1.807) is 0 Å². The van der Waals surface area contributed by atoms with Gasteiger partial charge in [-0.2, -0.15) is 0 Å². The lowest BCUT2D eigenvalue weighted by atomic mass is 9.62. The number of fused-ring (bicyclic) bond motifs is 2. The molecule has 0 bridgehead atoms. The molecular formula is C39H30. The van der Waals surface area contributed by atoms with E-state index >= 15 is 0 Å². The van der Waals surface area contributed by atoms with Gasteiger partial charge in [0.05, 0.1) is 0 Å². The molecule has 0 spiro atoms. The average molecular weight is 499 g/mol. The second-order valence-corrected chi connectivity index (χ2v) is 10.7. The number of hydrogen-bond acceptors (Lipinski definition) is 0. The number of rotatable bonds is 4. The van der Waals surface area contributed by atoms with Gasteiger partial charge in [-0.3, -0.25) is 0 Å². The molecule has 0 saturated carbocycles. The van der Waals surface area contributed by atoms with Crippen molar-refractivity contribution in [3.8, 4) is 22.3 Å². The van der Waals surface area contributed by atoms with Crippen molar-refractivity contribution < 1.29 is 0 Å². The van der Waals surface area contributed by atoms with Crippen molar-refractivity contribution in [3.05, 3.63) is 179 Å². The van der Waals surface area contributed by atoms with Crippen molar-refractivity contribution in [2.24, 2.45) is 5.41 Å². The first-order chi connectivity index (χ1) is 19.2. The summed E-state index contributed by atoms with van der Waals surface area (Å²) in [6.45, 7) is 2.43. The van der Waals surface area contributed by atoms with Gasteiger partial charge in [-0.05, 0) is 67.0 Å². The van der Waals surface area contributed by atoms with Crippen molar-refractivity contribution in [1.82, 2.24) is 0 Å². The minimum absolute atomic E-state index is 0.120. The summed E-state index contributed by atoms with van der Waals surface area (Å²) in [6, 6.07) is 48.5. The number of allylic oxidation sites excluding steroid dienone is 4. The average Bonchev–Trinajstić information content (AvgIpc) is 3.01. The molecule has 1 atom stereocenters. The molecule has 7 rings (SSSR count). The predicted octanol–water partition coefficient (Wildman–Crippen LogP) is 8.32. The summed E-state index contributed by atoms with van der Waals surface area (Å²) in [5, 5.41) is 2.65. The minimum atomic E-state index is -0.120. The Morgan fingerprint density at radius 2 is 0.923 bits per heavy atom. The van der Waals surface area contributed by atoms with Gasteiger partial charge in [0.2, 0.25) is 0 Å². The molecule has 0 heteroatoms. The number of benzene rings is 5. The molecule has 2 aliphatic rings. The van der Waals surface area contributed by atoms with E-state index in [-0.39, 0.29) is 5.41 Å². The van der Waals surface area contributed by atoms with Crippen molar-refractivity contribution >= 4 is 11.1 Å². The van der Waals surface area contributed by atoms with Gasteiger partial charge in [-0.15, -0.1) is 0 Å². The molecule has 0 saturated heterocycles. The van der Waals surface area contributed by atoms with Crippen LogP contribution in [0.25, 0.3) is 33.4 Å². The van der Waals surface area contributed by atoms with Crippen LogP contribution in [0.2, 0.25) is 0 Å². The molecule has 5 aromatic carbocycles. The van der Waals surface area contributed by atoms with Crippen LogP contribution in [0.3, 0.4) is 0 Å². The van der Waals surface area contributed by atoms with E-state index in [4.69, 9.17) is 0 Å². The summed E-state index contributed by atoms with van der Waals surface area (Å²) in [4.78, 5) is 0. The third-order valence-corrected chi connectivity index (χ3v) is 8.37. The van der Waals surface area contributed by atoms with Crippen molar-refractivity contribution in [2.75, 3.05) is 0 Å². The van der Waals surface area contributed by atoms with Crippen LogP contribution in [0, 0.1) is 5.41 Å². The second-order valence-electron chi connectivity index (χ2n) is 10.7. The third kappa shape index (κ3) is 4.01. The first-order valence-corrected chi connectivity index (χ1v) is 13.8. The summed E-state index contributed by atoms with van der Waals surface area (Å²) in [5.74, 6) is 0. The first kappa shape index (κ1) is 23.4. The molecule has 186 valence electrons. The Hall–Kier alpha value is -4.68. The standard InChI is InChI=1S/C39H30/c1-39-27-11-10-18-36(39)37(32-23-19-30(20-24-32)28-12-4-2-5-13-28)34-16-8-9-17-35(34)38(39)33-25-21-31(22-26-33)29-14-6-3-7-15-29/h2-26H,27H2,1H3. The van der Waals surface area contributed by atoms with E-state index < -0.39 is 0 Å². The highest BCUT2D eigenvalue weighted by atomic mass is 14.4. The van der Waals surface area contributed by atoms with Gasteiger partial charge in [-0.1, -0.05) is 159 Å². The maximum absolute atomic E-state index is 2.43. The van der Waals surface area contributed by atoms with Crippen LogP contribution in [-0.2, 0) is 0 Å². The van der Waals surface area contributed by atoms with Gasteiger partial charge in [-0.25, -0.2) is 0 Å². The van der Waals surface area contributed by atoms with Crippen LogP contribution >= 0.6 is 0 Å². The van der Waals surface area contributed by atoms with Crippen LogP contribution in [0.5, 0.6) is 0 Å². The van der Waals surface area contributed by atoms with Crippen LogP contribution in [-0.4, -0.2) is 0 Å². The summed E-state index contributed by atoms with van der Waals surface area (Å²) < 4.78 is 0. The molecule has 1 unspecified atom stereocenters. The van der Waals surface area contributed by atoms with Crippen molar-refractivity contribution in [1.29, 1.82) is 0 Å². The highest BCUT2D eigenvalue weighted by Gasteiger charge is 2.39. The molecular weight excluding hydrogens is 468 g/mol. The first-order valence-electron chi connectivity index (χ1n) is 13.8. The van der Waals surface area contributed by atoms with Gasteiger partial charge in [0.1, 0.15) is 0 Å². The zero-order valence-corrected chi connectivity index (χ0v) is 22.1. The molecule has 0 nitrogen and oxygen atoms in total. The van der Waals surface area contributed by atoms with Crippen LogP contribution in [0.15, 0.2) is 157 Å². The third-order valence-electron chi connectivity index (χ3n) is 8.37. The zero-order chi connectivity index (χ0) is 26.2. The monoisotopic (exact) mass is 498 g/mol. The highest BCUT2D eigenvalue weighted by molar-refractivity contribution is 5.91. The normalized spacial score (nSPS) is 17.8. The summed E-state index contributed by atoms with van der Waals surface area (Å²) in [5.41, 5.74) is 11.6. The van der Waals surface area contributed by atoms with E-state index in [1.165, 1.54) is 60.5 Å². The lowest BCUT2D eigenvalue weighted by Crippen LogP contribution is -2.42. The molecule has 5 aromatic rings. The Balaban J connectivity index is 1.44. The molecule has 0 aliphatic heterocycles. The summed E-state index contributed by atoms with van der Waals surface area (Å²) in [7, 11) is 0. The Morgan fingerprint density at radius 3 is 1.51 bits per heavy atom. The minimum Gasteiger partial charge on any atom is -0.0833 e. The van der Waals surface area contributed by atoms with E-state index in [9.17, 15) is 0 Å². The highest BCUT2D eigenvalue weighted by Crippen LogP contribution is 2.50. The Labute approximate surface area is 230 Å². The molecule has 0 amide bonds.